The van der Waals surface area contributed by atoms with Crippen molar-refractivity contribution in [2.45, 2.75) is 13.5 Å². The molecule has 0 spiro atoms. The first kappa shape index (κ1) is 17.9. The summed E-state index contributed by atoms with van der Waals surface area (Å²) in [7, 11) is 2.77. The highest BCUT2D eigenvalue weighted by Crippen LogP contribution is 2.20. The number of ether oxygens (including phenoxy) is 1. The molecule has 25 heavy (non-hydrogen) atoms. The summed E-state index contributed by atoms with van der Waals surface area (Å²) < 4.78 is 5.89. The Labute approximate surface area is 144 Å². The van der Waals surface area contributed by atoms with Crippen LogP contribution in [0.1, 0.15) is 21.5 Å². The number of anilines is 1. The Hall–Kier alpha value is -3.40. The predicted octanol–water partition coefficient (Wildman–Crippen LogP) is 1.48. The molecule has 0 N–H and O–H groups in total. The molecule has 1 amide bonds. The summed E-state index contributed by atoms with van der Waals surface area (Å²) in [5.74, 6) is -0.972. The van der Waals surface area contributed by atoms with Crippen LogP contribution in [0.4, 0.5) is 5.69 Å². The van der Waals surface area contributed by atoms with Crippen molar-refractivity contribution in [2.24, 2.45) is 0 Å². The van der Waals surface area contributed by atoms with Gasteiger partial charge in [-0.15, -0.1) is 0 Å². The number of likely N-dealkylation sites (N-methyl/N-ethyl adjacent to an activating group) is 1. The van der Waals surface area contributed by atoms with Crippen LogP contribution in [0.3, 0.4) is 0 Å². The number of hydrogen-bond donors (Lipinski definition) is 0. The highest BCUT2D eigenvalue weighted by molar-refractivity contribution is 6.02. The number of aryl methyl sites for hydroxylation is 1. The fourth-order valence-corrected chi connectivity index (χ4v) is 2.36. The van der Waals surface area contributed by atoms with Gasteiger partial charge in [0.05, 0.1) is 18.4 Å². The topological polar surface area (TPSA) is 92.4 Å². The molecule has 128 valence electrons. The van der Waals surface area contributed by atoms with Crippen LogP contribution < -0.4 is 10.5 Å². The maximum Gasteiger partial charge on any atom is 0.339 e. The summed E-state index contributed by atoms with van der Waals surface area (Å²) in [5.41, 5.74) is 0.661. The van der Waals surface area contributed by atoms with Crippen molar-refractivity contribution in [3.05, 3.63) is 63.6 Å². The summed E-state index contributed by atoms with van der Waals surface area (Å²) >= 11 is 0. The molecule has 0 saturated heterocycles. The van der Waals surface area contributed by atoms with Crippen LogP contribution in [0.5, 0.6) is 0 Å². The molecule has 0 fully saturated rings. The van der Waals surface area contributed by atoms with Crippen molar-refractivity contribution in [1.29, 1.82) is 5.26 Å². The summed E-state index contributed by atoms with van der Waals surface area (Å²) in [6, 6.07) is 9.98. The number of carbonyl (C=O) groups is 2. The second-order valence-electron chi connectivity index (χ2n) is 5.38. The molecular formula is C18H17N3O4. The third-order valence-corrected chi connectivity index (χ3v) is 3.84. The van der Waals surface area contributed by atoms with Gasteiger partial charge in [-0.25, -0.2) is 4.79 Å². The Morgan fingerprint density at radius 3 is 2.60 bits per heavy atom. The van der Waals surface area contributed by atoms with Crippen molar-refractivity contribution >= 4 is 17.6 Å². The van der Waals surface area contributed by atoms with E-state index in [0.29, 0.717) is 11.3 Å². The average molecular weight is 339 g/mol. The number of carbonyl (C=O) groups excluding carboxylic acids is 2. The van der Waals surface area contributed by atoms with Crippen LogP contribution in [0.2, 0.25) is 0 Å². The summed E-state index contributed by atoms with van der Waals surface area (Å²) in [6.07, 6.45) is 1.47. The third kappa shape index (κ3) is 3.58. The zero-order valence-electron chi connectivity index (χ0n) is 14.1. The van der Waals surface area contributed by atoms with Gasteiger partial charge in [0.15, 0.2) is 0 Å². The molecule has 2 rings (SSSR count). The molecule has 0 unspecified atom stereocenters. The van der Waals surface area contributed by atoms with E-state index in [9.17, 15) is 14.4 Å². The number of pyridine rings is 1. The van der Waals surface area contributed by atoms with E-state index in [1.165, 1.54) is 29.8 Å². The lowest BCUT2D eigenvalue weighted by atomic mass is 10.1. The highest BCUT2D eigenvalue weighted by Gasteiger charge is 2.19. The minimum absolute atomic E-state index is 0.00733. The number of para-hydroxylation sites is 1. The lowest BCUT2D eigenvalue weighted by Gasteiger charge is -2.20. The number of benzene rings is 1. The van der Waals surface area contributed by atoms with Gasteiger partial charge in [0.25, 0.3) is 5.56 Å². The van der Waals surface area contributed by atoms with Gasteiger partial charge in [-0.3, -0.25) is 9.59 Å². The van der Waals surface area contributed by atoms with Crippen molar-refractivity contribution in [3.63, 3.8) is 0 Å². The maximum atomic E-state index is 12.5. The van der Waals surface area contributed by atoms with Crippen molar-refractivity contribution in [1.82, 2.24) is 4.57 Å². The molecule has 1 aromatic carbocycles. The number of methoxy groups -OCH3 is 1. The van der Waals surface area contributed by atoms with Crippen LogP contribution in [0.25, 0.3) is 0 Å². The molecule has 0 aliphatic carbocycles. The molecule has 0 saturated carbocycles. The van der Waals surface area contributed by atoms with Gasteiger partial charge < -0.3 is 14.2 Å². The molecule has 1 heterocycles. The number of hydrogen-bond acceptors (Lipinski definition) is 5. The van der Waals surface area contributed by atoms with E-state index in [1.807, 2.05) is 6.07 Å². The Bertz CT molecular complexity index is 925. The minimum atomic E-state index is -0.561. The predicted molar refractivity (Wildman–Crippen MR) is 91.3 cm³/mol. The van der Waals surface area contributed by atoms with Gasteiger partial charge in [0, 0.05) is 13.2 Å². The van der Waals surface area contributed by atoms with Crippen molar-refractivity contribution in [2.75, 3.05) is 19.1 Å². The summed E-state index contributed by atoms with van der Waals surface area (Å²) in [5, 5.41) is 9.06. The van der Waals surface area contributed by atoms with Gasteiger partial charge in [-0.1, -0.05) is 12.1 Å². The van der Waals surface area contributed by atoms with E-state index in [2.05, 4.69) is 0 Å². The number of esters is 1. The fourth-order valence-electron chi connectivity index (χ4n) is 2.36. The Kier molecular flexibility index (Phi) is 5.35. The standard InChI is InChI=1S/C18H17N3O4/c1-12-8-9-21(17(23)14(12)10-19)11-16(22)20(2)15-7-5-4-6-13(15)18(24)25-3/h4-9H,11H2,1-3H3. The lowest BCUT2D eigenvalue weighted by molar-refractivity contribution is -0.118. The monoisotopic (exact) mass is 339 g/mol. The first-order chi connectivity index (χ1) is 11.9. The van der Waals surface area contributed by atoms with Crippen LogP contribution in [0, 0.1) is 18.3 Å². The number of nitrogens with zero attached hydrogens (tertiary/aromatic N) is 3. The highest BCUT2D eigenvalue weighted by atomic mass is 16.5. The quantitative estimate of drug-likeness (QED) is 0.787. The van der Waals surface area contributed by atoms with Crippen molar-refractivity contribution in [3.8, 4) is 6.07 Å². The lowest BCUT2D eigenvalue weighted by Crippen LogP contribution is -2.35. The average Bonchev–Trinajstić information content (AvgIpc) is 2.63. The van der Waals surface area contributed by atoms with Crippen LogP contribution in [-0.2, 0) is 16.1 Å². The second-order valence-corrected chi connectivity index (χ2v) is 5.38. The smallest absolute Gasteiger partial charge is 0.339 e. The number of amides is 1. The maximum absolute atomic E-state index is 12.5. The number of rotatable bonds is 4. The molecule has 2 aromatic rings. The van der Waals surface area contributed by atoms with E-state index < -0.39 is 17.4 Å². The molecule has 7 nitrogen and oxygen atoms in total. The summed E-state index contributed by atoms with van der Waals surface area (Å²) in [4.78, 5) is 37.9. The van der Waals surface area contributed by atoms with Gasteiger partial charge in [-0.05, 0) is 30.7 Å². The van der Waals surface area contributed by atoms with Crippen LogP contribution in [0.15, 0.2) is 41.3 Å². The van der Waals surface area contributed by atoms with Crippen molar-refractivity contribution < 1.29 is 14.3 Å². The van der Waals surface area contributed by atoms with Crippen LogP contribution in [-0.4, -0.2) is 30.6 Å². The first-order valence-corrected chi connectivity index (χ1v) is 7.44. The molecule has 0 radical (unpaired) electrons. The van der Waals surface area contributed by atoms with E-state index in [4.69, 9.17) is 10.00 Å². The zero-order chi connectivity index (χ0) is 18.6. The van der Waals surface area contributed by atoms with E-state index in [1.54, 1.807) is 37.3 Å². The van der Waals surface area contributed by atoms with Gasteiger partial charge in [0.1, 0.15) is 18.2 Å². The molecule has 1 aromatic heterocycles. The molecular weight excluding hydrogens is 322 g/mol. The van der Waals surface area contributed by atoms with Crippen LogP contribution >= 0.6 is 0 Å². The molecule has 0 bridgehead atoms. The zero-order valence-corrected chi connectivity index (χ0v) is 14.1. The second kappa shape index (κ2) is 7.45. The molecule has 0 atom stereocenters. The Balaban J connectivity index is 2.33. The largest absolute Gasteiger partial charge is 0.465 e. The molecule has 7 heteroatoms. The van der Waals surface area contributed by atoms with E-state index >= 15 is 0 Å². The summed E-state index contributed by atoms with van der Waals surface area (Å²) in [6.45, 7) is 1.41. The SMILES string of the molecule is COC(=O)c1ccccc1N(C)C(=O)Cn1ccc(C)c(C#N)c1=O. The fraction of sp³-hybridized carbons (Fsp3) is 0.222. The third-order valence-electron chi connectivity index (χ3n) is 3.84. The number of nitriles is 1. The van der Waals surface area contributed by atoms with Gasteiger partial charge >= 0.3 is 5.97 Å². The van der Waals surface area contributed by atoms with Gasteiger partial charge in [-0.2, -0.15) is 5.26 Å². The normalized spacial score (nSPS) is 10.0. The van der Waals surface area contributed by atoms with E-state index in [-0.39, 0.29) is 17.7 Å². The Morgan fingerprint density at radius 1 is 1.28 bits per heavy atom. The first-order valence-electron chi connectivity index (χ1n) is 7.44. The number of aromatic nitrogens is 1. The minimum Gasteiger partial charge on any atom is -0.465 e. The van der Waals surface area contributed by atoms with Gasteiger partial charge in [0.2, 0.25) is 5.91 Å². The Morgan fingerprint density at radius 2 is 1.96 bits per heavy atom. The molecule has 0 aliphatic heterocycles. The van der Waals surface area contributed by atoms with E-state index in [0.717, 1.165) is 0 Å². The molecule has 0 aliphatic rings.